The fraction of sp³-hybridized carbons (Fsp3) is 0.471. The molecule has 0 spiro atoms. The molecular formula is C17H22ClN3O4S. The summed E-state index contributed by atoms with van der Waals surface area (Å²) in [6.45, 7) is 1.68. The molecule has 0 aliphatic carbocycles. The van der Waals surface area contributed by atoms with Crippen LogP contribution in [0.3, 0.4) is 0 Å². The zero-order valence-electron chi connectivity index (χ0n) is 14.3. The van der Waals surface area contributed by atoms with E-state index in [-0.39, 0.29) is 36.7 Å². The molecule has 1 fully saturated rings. The normalized spacial score (nSPS) is 18.8. The fourth-order valence-corrected chi connectivity index (χ4v) is 3.61. The highest BCUT2D eigenvalue weighted by molar-refractivity contribution is 7.99. The number of carboxylic acid groups (broad SMARTS) is 1. The van der Waals surface area contributed by atoms with Gasteiger partial charge in [0.25, 0.3) is 0 Å². The molecular weight excluding hydrogens is 378 g/mol. The Balaban J connectivity index is 2.01. The van der Waals surface area contributed by atoms with Crippen molar-refractivity contribution in [3.05, 3.63) is 34.9 Å². The number of amides is 2. The second-order valence-corrected chi connectivity index (χ2v) is 7.56. The molecule has 3 atom stereocenters. The topological polar surface area (TPSA) is 108 Å². The molecule has 9 heteroatoms. The largest absolute Gasteiger partial charge is 0.480 e. The third-order valence-corrected chi connectivity index (χ3v) is 5.27. The van der Waals surface area contributed by atoms with E-state index in [9.17, 15) is 14.4 Å². The third-order valence-electron chi connectivity index (χ3n) is 4.08. The number of carbonyl (C=O) groups excluding carboxylic acids is 2. The number of benzene rings is 1. The number of hydrogen-bond donors (Lipinski definition) is 4. The smallest absolute Gasteiger partial charge is 0.325 e. The van der Waals surface area contributed by atoms with E-state index in [1.807, 2.05) is 0 Å². The van der Waals surface area contributed by atoms with E-state index >= 15 is 0 Å². The Bertz CT molecular complexity index is 650. The van der Waals surface area contributed by atoms with Crippen molar-refractivity contribution >= 4 is 41.1 Å². The molecule has 7 nitrogen and oxygen atoms in total. The van der Waals surface area contributed by atoms with Gasteiger partial charge in [0.1, 0.15) is 6.04 Å². The van der Waals surface area contributed by atoms with E-state index in [1.165, 1.54) is 6.92 Å². The van der Waals surface area contributed by atoms with Crippen LogP contribution < -0.4 is 16.0 Å². The minimum Gasteiger partial charge on any atom is -0.480 e. The van der Waals surface area contributed by atoms with Crippen LogP contribution in [0.5, 0.6) is 0 Å². The second kappa shape index (κ2) is 9.80. The Morgan fingerprint density at radius 3 is 2.62 bits per heavy atom. The van der Waals surface area contributed by atoms with Gasteiger partial charge in [-0.1, -0.05) is 23.7 Å². The summed E-state index contributed by atoms with van der Waals surface area (Å²) in [6, 6.07) is 5.85. The van der Waals surface area contributed by atoms with Gasteiger partial charge in [-0.25, -0.2) is 0 Å². The molecule has 2 rings (SSSR count). The number of thioether (sulfide) groups is 1. The standard InChI is InChI=1S/C17H22ClN3O4S/c1-10(17(24)25)21-15(22)6-12(11-2-4-13(18)5-3-11)7-19-16(23)14-8-26-9-20-14/h2-5,10,12,14,20H,6-9H2,1H3,(H,19,23)(H,21,22)(H,24,25). The lowest BCUT2D eigenvalue weighted by molar-refractivity contribution is -0.141. The van der Waals surface area contributed by atoms with E-state index in [0.29, 0.717) is 10.8 Å². The van der Waals surface area contributed by atoms with Gasteiger partial charge < -0.3 is 15.7 Å². The van der Waals surface area contributed by atoms with E-state index in [2.05, 4.69) is 16.0 Å². The van der Waals surface area contributed by atoms with Gasteiger partial charge in [0, 0.05) is 35.5 Å². The lowest BCUT2D eigenvalue weighted by atomic mass is 9.95. The Kier molecular flexibility index (Phi) is 7.74. The first-order valence-electron chi connectivity index (χ1n) is 8.23. The lowest BCUT2D eigenvalue weighted by Crippen LogP contribution is -2.44. The van der Waals surface area contributed by atoms with Gasteiger partial charge in [0.05, 0.1) is 6.04 Å². The summed E-state index contributed by atoms with van der Waals surface area (Å²) >= 11 is 7.57. The van der Waals surface area contributed by atoms with Crippen LogP contribution >= 0.6 is 23.4 Å². The SMILES string of the molecule is CC(NC(=O)CC(CNC(=O)C1CSCN1)c1ccc(Cl)cc1)C(=O)O. The molecule has 0 saturated carbocycles. The maximum Gasteiger partial charge on any atom is 0.325 e. The van der Waals surface area contributed by atoms with Gasteiger partial charge in [0.2, 0.25) is 11.8 Å². The minimum absolute atomic E-state index is 0.0619. The summed E-state index contributed by atoms with van der Waals surface area (Å²) in [5.74, 6) is -0.412. The van der Waals surface area contributed by atoms with E-state index in [4.69, 9.17) is 16.7 Å². The van der Waals surface area contributed by atoms with Gasteiger partial charge in [0.15, 0.2) is 0 Å². The zero-order valence-corrected chi connectivity index (χ0v) is 15.9. The molecule has 1 heterocycles. The summed E-state index contributed by atoms with van der Waals surface area (Å²) in [7, 11) is 0. The molecule has 26 heavy (non-hydrogen) atoms. The summed E-state index contributed by atoms with van der Waals surface area (Å²) in [5, 5.41) is 17.9. The zero-order chi connectivity index (χ0) is 19.1. The number of hydrogen-bond acceptors (Lipinski definition) is 5. The number of rotatable bonds is 8. The van der Waals surface area contributed by atoms with Crippen LogP contribution in [0.1, 0.15) is 24.8 Å². The maximum absolute atomic E-state index is 12.2. The first kappa shape index (κ1) is 20.5. The van der Waals surface area contributed by atoms with Crippen molar-refractivity contribution in [3.8, 4) is 0 Å². The minimum atomic E-state index is -1.10. The predicted molar refractivity (Wildman–Crippen MR) is 101 cm³/mol. The van der Waals surface area contributed by atoms with Crippen LogP contribution in [-0.4, -0.2) is 53.1 Å². The first-order valence-corrected chi connectivity index (χ1v) is 9.76. The van der Waals surface area contributed by atoms with Crippen molar-refractivity contribution in [2.24, 2.45) is 0 Å². The van der Waals surface area contributed by atoms with Crippen LogP contribution in [0.4, 0.5) is 0 Å². The molecule has 1 aromatic rings. The van der Waals surface area contributed by atoms with Gasteiger partial charge in [-0.3, -0.25) is 19.7 Å². The van der Waals surface area contributed by atoms with Crippen molar-refractivity contribution in [3.63, 3.8) is 0 Å². The van der Waals surface area contributed by atoms with Crippen LogP contribution in [0.25, 0.3) is 0 Å². The van der Waals surface area contributed by atoms with Crippen molar-refractivity contribution in [1.29, 1.82) is 0 Å². The highest BCUT2D eigenvalue weighted by Crippen LogP contribution is 2.21. The maximum atomic E-state index is 12.2. The average Bonchev–Trinajstić information content (AvgIpc) is 3.13. The van der Waals surface area contributed by atoms with Gasteiger partial charge in [-0.15, -0.1) is 11.8 Å². The Labute approximate surface area is 161 Å². The number of nitrogens with one attached hydrogen (secondary N) is 3. The summed E-state index contributed by atoms with van der Waals surface area (Å²) in [6.07, 6.45) is 0.0619. The molecule has 3 unspecified atom stereocenters. The second-order valence-electron chi connectivity index (χ2n) is 6.10. The molecule has 0 radical (unpaired) electrons. The monoisotopic (exact) mass is 399 g/mol. The average molecular weight is 400 g/mol. The van der Waals surface area contributed by atoms with Crippen LogP contribution in [0.15, 0.2) is 24.3 Å². The van der Waals surface area contributed by atoms with E-state index in [1.54, 1.807) is 36.0 Å². The van der Waals surface area contributed by atoms with E-state index < -0.39 is 12.0 Å². The molecule has 1 aliphatic rings. The number of carbonyl (C=O) groups is 3. The Hall–Kier alpha value is -1.77. The van der Waals surface area contributed by atoms with Crippen molar-refractivity contribution < 1.29 is 19.5 Å². The van der Waals surface area contributed by atoms with Crippen molar-refractivity contribution in [2.45, 2.75) is 31.3 Å². The third kappa shape index (κ3) is 6.19. The van der Waals surface area contributed by atoms with Gasteiger partial charge >= 0.3 is 5.97 Å². The highest BCUT2D eigenvalue weighted by Gasteiger charge is 2.25. The predicted octanol–water partition coefficient (Wildman–Crippen LogP) is 1.18. The summed E-state index contributed by atoms with van der Waals surface area (Å²) in [5.41, 5.74) is 0.849. The number of aliphatic carboxylic acids is 1. The molecule has 1 aliphatic heterocycles. The molecule has 142 valence electrons. The van der Waals surface area contributed by atoms with Crippen LogP contribution in [0, 0.1) is 0 Å². The van der Waals surface area contributed by atoms with Crippen molar-refractivity contribution in [1.82, 2.24) is 16.0 Å². The van der Waals surface area contributed by atoms with Gasteiger partial charge in [-0.2, -0.15) is 0 Å². The summed E-state index contributed by atoms with van der Waals surface area (Å²) in [4.78, 5) is 35.3. The lowest BCUT2D eigenvalue weighted by Gasteiger charge is -2.20. The number of halogens is 1. The molecule has 1 aromatic carbocycles. The van der Waals surface area contributed by atoms with E-state index in [0.717, 1.165) is 11.4 Å². The number of carboxylic acids is 1. The Morgan fingerprint density at radius 2 is 2.04 bits per heavy atom. The fourth-order valence-electron chi connectivity index (χ4n) is 2.54. The molecule has 4 N–H and O–H groups in total. The molecule has 2 amide bonds. The van der Waals surface area contributed by atoms with Crippen molar-refractivity contribution in [2.75, 3.05) is 18.2 Å². The highest BCUT2D eigenvalue weighted by atomic mass is 35.5. The quantitative estimate of drug-likeness (QED) is 0.523. The molecule has 1 saturated heterocycles. The molecule has 0 bridgehead atoms. The summed E-state index contributed by atoms with van der Waals surface area (Å²) < 4.78 is 0. The molecule has 0 aromatic heterocycles. The van der Waals surface area contributed by atoms with Crippen LogP contribution in [-0.2, 0) is 14.4 Å². The first-order chi connectivity index (χ1) is 12.4. The Morgan fingerprint density at radius 1 is 1.35 bits per heavy atom. The van der Waals surface area contributed by atoms with Crippen LogP contribution in [0.2, 0.25) is 5.02 Å². The van der Waals surface area contributed by atoms with Gasteiger partial charge in [-0.05, 0) is 24.6 Å².